The minimum Gasteiger partial charge on any atom is -0.454 e. The molecule has 1 N–H and O–H groups in total. The molecule has 1 aliphatic heterocycles. The summed E-state index contributed by atoms with van der Waals surface area (Å²) in [5, 5.41) is 2.97. The summed E-state index contributed by atoms with van der Waals surface area (Å²) < 4.78 is 48.6. The lowest BCUT2D eigenvalue weighted by Gasteiger charge is -2.11. The second-order valence-corrected chi connectivity index (χ2v) is 4.58. The molecule has 0 spiro atoms. The third-order valence-corrected chi connectivity index (χ3v) is 3.15. The van der Waals surface area contributed by atoms with Crippen LogP contribution in [-0.2, 0) is 12.7 Å². The van der Waals surface area contributed by atoms with Gasteiger partial charge in [-0.3, -0.25) is 0 Å². The van der Waals surface area contributed by atoms with Crippen molar-refractivity contribution in [3.05, 3.63) is 53.6 Å². The number of alkyl halides is 3. The van der Waals surface area contributed by atoms with E-state index in [-0.39, 0.29) is 6.79 Å². The summed E-state index contributed by atoms with van der Waals surface area (Å²) in [6, 6.07) is 10.5. The minimum atomic E-state index is -4.34. The Morgan fingerprint density at radius 2 is 1.86 bits per heavy atom. The number of fused-ring (bicyclic) bond motifs is 1. The van der Waals surface area contributed by atoms with Gasteiger partial charge in [-0.1, -0.05) is 18.2 Å². The highest BCUT2D eigenvalue weighted by molar-refractivity contribution is 5.52. The van der Waals surface area contributed by atoms with Crippen LogP contribution in [0.25, 0.3) is 0 Å². The van der Waals surface area contributed by atoms with Crippen LogP contribution >= 0.6 is 0 Å². The Hall–Kier alpha value is -2.37. The van der Waals surface area contributed by atoms with E-state index in [1.54, 1.807) is 12.1 Å². The predicted octanol–water partition coefficient (Wildman–Crippen LogP) is 4.05. The first-order valence-electron chi connectivity index (χ1n) is 6.33. The third kappa shape index (κ3) is 2.89. The molecule has 2 aromatic carbocycles. The van der Waals surface area contributed by atoms with Crippen LogP contribution in [0.1, 0.15) is 11.1 Å². The lowest BCUT2D eigenvalue weighted by molar-refractivity contribution is -0.137. The van der Waals surface area contributed by atoms with Crippen molar-refractivity contribution in [2.75, 3.05) is 12.1 Å². The summed E-state index contributed by atoms with van der Waals surface area (Å²) in [4.78, 5) is 0. The van der Waals surface area contributed by atoms with Crippen LogP contribution in [-0.4, -0.2) is 6.79 Å². The predicted molar refractivity (Wildman–Crippen MR) is 71.3 cm³/mol. The maximum Gasteiger partial charge on any atom is 0.416 e. The molecule has 0 saturated heterocycles. The van der Waals surface area contributed by atoms with Crippen molar-refractivity contribution in [3.8, 4) is 11.5 Å². The van der Waals surface area contributed by atoms with Gasteiger partial charge in [-0.2, -0.15) is 13.2 Å². The molecule has 0 atom stereocenters. The molecule has 110 valence electrons. The average Bonchev–Trinajstić information content (AvgIpc) is 2.93. The largest absolute Gasteiger partial charge is 0.454 e. The van der Waals surface area contributed by atoms with Crippen LogP contribution in [0.15, 0.2) is 42.5 Å². The van der Waals surface area contributed by atoms with Crippen molar-refractivity contribution < 1.29 is 22.6 Å². The number of halogens is 3. The quantitative estimate of drug-likeness (QED) is 0.926. The molecule has 0 saturated carbocycles. The van der Waals surface area contributed by atoms with E-state index in [2.05, 4.69) is 5.32 Å². The summed E-state index contributed by atoms with van der Waals surface area (Å²) in [5.74, 6) is 1.29. The van der Waals surface area contributed by atoms with E-state index < -0.39 is 11.7 Å². The highest BCUT2D eigenvalue weighted by Gasteiger charge is 2.30. The Kier molecular flexibility index (Phi) is 3.37. The van der Waals surface area contributed by atoms with Crippen molar-refractivity contribution in [2.24, 2.45) is 0 Å². The van der Waals surface area contributed by atoms with Crippen LogP contribution in [0, 0.1) is 0 Å². The van der Waals surface area contributed by atoms with Gasteiger partial charge in [0.1, 0.15) is 0 Å². The number of benzene rings is 2. The highest BCUT2D eigenvalue weighted by Crippen LogP contribution is 2.36. The molecule has 0 amide bonds. The molecule has 0 radical (unpaired) electrons. The molecule has 21 heavy (non-hydrogen) atoms. The van der Waals surface area contributed by atoms with Crippen molar-refractivity contribution in [1.29, 1.82) is 0 Å². The van der Waals surface area contributed by atoms with E-state index in [4.69, 9.17) is 9.47 Å². The lowest BCUT2D eigenvalue weighted by atomic mass is 10.1. The van der Waals surface area contributed by atoms with E-state index >= 15 is 0 Å². The van der Waals surface area contributed by atoms with Gasteiger partial charge in [0.25, 0.3) is 0 Å². The summed E-state index contributed by atoms with van der Waals surface area (Å²) in [5.41, 5.74) is 0.564. The molecular formula is C15H12F3NO2. The zero-order chi connectivity index (χ0) is 14.9. The smallest absolute Gasteiger partial charge is 0.416 e. The summed E-state index contributed by atoms with van der Waals surface area (Å²) >= 11 is 0. The first-order chi connectivity index (χ1) is 10.0. The highest BCUT2D eigenvalue weighted by atomic mass is 19.4. The summed E-state index contributed by atoms with van der Waals surface area (Å²) in [7, 11) is 0. The van der Waals surface area contributed by atoms with Crippen molar-refractivity contribution in [3.63, 3.8) is 0 Å². The number of hydrogen-bond acceptors (Lipinski definition) is 3. The Labute approximate surface area is 119 Å². The fraction of sp³-hybridized carbons (Fsp3) is 0.200. The zero-order valence-corrected chi connectivity index (χ0v) is 10.9. The van der Waals surface area contributed by atoms with Crippen molar-refractivity contribution >= 4 is 5.69 Å². The third-order valence-electron chi connectivity index (χ3n) is 3.15. The number of ether oxygens (including phenoxy) is 2. The van der Waals surface area contributed by atoms with Crippen LogP contribution in [0.3, 0.4) is 0 Å². The van der Waals surface area contributed by atoms with Crippen LogP contribution in [0.2, 0.25) is 0 Å². The van der Waals surface area contributed by atoms with Crippen LogP contribution in [0.5, 0.6) is 11.5 Å². The van der Waals surface area contributed by atoms with Crippen LogP contribution in [0.4, 0.5) is 18.9 Å². The monoisotopic (exact) mass is 295 g/mol. The Morgan fingerprint density at radius 3 is 2.67 bits per heavy atom. The maximum atomic E-state index is 12.6. The first-order valence-corrected chi connectivity index (χ1v) is 6.33. The molecule has 0 bridgehead atoms. The Balaban J connectivity index is 1.76. The van der Waals surface area contributed by atoms with Crippen molar-refractivity contribution in [1.82, 2.24) is 0 Å². The van der Waals surface area contributed by atoms with Gasteiger partial charge < -0.3 is 14.8 Å². The van der Waals surface area contributed by atoms with Gasteiger partial charge >= 0.3 is 6.18 Å². The second-order valence-electron chi connectivity index (χ2n) is 4.58. The number of hydrogen-bond donors (Lipinski definition) is 1. The second kappa shape index (κ2) is 5.20. The summed E-state index contributed by atoms with van der Waals surface area (Å²) in [6.45, 7) is 0.518. The van der Waals surface area contributed by atoms with E-state index in [0.29, 0.717) is 23.7 Å². The maximum absolute atomic E-state index is 12.6. The molecule has 6 heteroatoms. The molecule has 3 rings (SSSR count). The normalized spacial score (nSPS) is 13.3. The first kappa shape index (κ1) is 13.6. The van der Waals surface area contributed by atoms with Gasteiger partial charge in [-0.05, 0) is 24.3 Å². The minimum absolute atomic E-state index is 0.163. The molecule has 0 aliphatic carbocycles. The molecule has 3 nitrogen and oxygen atoms in total. The molecular weight excluding hydrogens is 283 g/mol. The van der Waals surface area contributed by atoms with Gasteiger partial charge in [0, 0.05) is 17.8 Å². The molecule has 1 aliphatic rings. The number of anilines is 1. The molecule has 0 fully saturated rings. The van der Waals surface area contributed by atoms with Crippen molar-refractivity contribution in [2.45, 2.75) is 12.7 Å². The fourth-order valence-corrected chi connectivity index (χ4v) is 2.13. The van der Waals surface area contributed by atoms with E-state index in [1.807, 2.05) is 12.1 Å². The number of rotatable bonds is 3. The average molecular weight is 295 g/mol. The molecule has 2 aromatic rings. The summed E-state index contributed by atoms with van der Waals surface area (Å²) in [6.07, 6.45) is -4.34. The zero-order valence-electron chi connectivity index (χ0n) is 10.9. The standard InChI is InChI=1S/C15H12F3NO2/c16-15(17,18)11-4-2-5-12(7-11)19-8-10-3-1-6-13-14(10)21-9-20-13/h1-7,19H,8-9H2. The van der Waals surface area contributed by atoms with E-state index in [0.717, 1.165) is 17.7 Å². The Morgan fingerprint density at radius 1 is 1.05 bits per heavy atom. The molecule has 0 aromatic heterocycles. The van der Waals surface area contributed by atoms with E-state index in [1.165, 1.54) is 6.07 Å². The lowest BCUT2D eigenvalue weighted by Crippen LogP contribution is -2.06. The van der Waals surface area contributed by atoms with Gasteiger partial charge in [0.05, 0.1) is 5.56 Å². The van der Waals surface area contributed by atoms with E-state index in [9.17, 15) is 13.2 Å². The SMILES string of the molecule is FC(F)(F)c1cccc(NCc2cccc3c2OCO3)c1. The van der Waals surface area contributed by atoms with Gasteiger partial charge in [-0.15, -0.1) is 0 Å². The van der Waals surface area contributed by atoms with Gasteiger partial charge in [0.2, 0.25) is 6.79 Å². The fourth-order valence-electron chi connectivity index (χ4n) is 2.13. The topological polar surface area (TPSA) is 30.5 Å². The Bertz CT molecular complexity index is 656. The number of nitrogens with one attached hydrogen (secondary N) is 1. The molecule has 0 unspecified atom stereocenters. The van der Waals surface area contributed by atoms with Gasteiger partial charge in [-0.25, -0.2) is 0 Å². The molecule has 1 heterocycles. The van der Waals surface area contributed by atoms with Gasteiger partial charge in [0.15, 0.2) is 11.5 Å². The van der Waals surface area contributed by atoms with Crippen LogP contribution < -0.4 is 14.8 Å². The number of para-hydroxylation sites is 1.